The van der Waals surface area contributed by atoms with E-state index in [9.17, 15) is 28.8 Å². The third-order valence-electron chi connectivity index (χ3n) is 10.7. The van der Waals surface area contributed by atoms with Gasteiger partial charge in [-0.25, -0.2) is 4.98 Å². The van der Waals surface area contributed by atoms with E-state index in [1.165, 1.54) is 18.6 Å². The zero-order valence-electron chi connectivity index (χ0n) is 30.3. The molecular formula is C40H73N7O6S2. The second-order valence-electron chi connectivity index (χ2n) is 15.5. The lowest BCUT2D eigenvalue weighted by molar-refractivity contribution is -0.146. The molecule has 5 amide bonds. The molecule has 4 fully saturated rings. The molecule has 55 heavy (non-hydrogen) atoms. The molecule has 316 valence electrons. The van der Waals surface area contributed by atoms with E-state index in [1.54, 1.807) is 4.90 Å². The van der Waals surface area contributed by atoms with Crippen LogP contribution in [0.1, 0.15) is 145 Å². The first-order valence-electron chi connectivity index (χ1n) is 18.2. The zero-order chi connectivity index (χ0) is 35.3. The fourth-order valence-corrected chi connectivity index (χ4v) is 7.87. The van der Waals surface area contributed by atoms with E-state index < -0.39 is 59.0 Å². The summed E-state index contributed by atoms with van der Waals surface area (Å²) in [5, 5.41) is 11.5. The summed E-state index contributed by atoms with van der Waals surface area (Å²) in [6, 6.07) is -3.68. The van der Waals surface area contributed by atoms with E-state index in [1.807, 2.05) is 27.7 Å². The first-order valence-corrected chi connectivity index (χ1v) is 18.2. The van der Waals surface area contributed by atoms with Gasteiger partial charge in [0.1, 0.15) is 23.8 Å². The number of likely N-dealkylation sites (tertiary alicyclic amines) is 1. The molecule has 0 aromatic carbocycles. The summed E-state index contributed by atoms with van der Waals surface area (Å²) in [5.41, 5.74) is -0.638. The molecule has 0 bridgehead atoms. The van der Waals surface area contributed by atoms with Crippen LogP contribution in [-0.2, 0) is 24.0 Å². The summed E-state index contributed by atoms with van der Waals surface area (Å²) >= 11 is 0. The second-order valence-corrected chi connectivity index (χ2v) is 15.5. The van der Waals surface area contributed by atoms with Gasteiger partial charge in [-0.15, -0.1) is 0 Å². The number of Topliss-reactive ketones (excluding diaryl/α,β-unsaturated/α-hetero) is 1. The lowest BCUT2D eigenvalue weighted by Gasteiger charge is -2.38. The molecule has 1 aliphatic heterocycles. The molecule has 6 atom stereocenters. The molecule has 15 heteroatoms. The van der Waals surface area contributed by atoms with Gasteiger partial charge in [-0.1, -0.05) is 89.5 Å². The Morgan fingerprint density at radius 1 is 0.836 bits per heavy atom. The largest absolute Gasteiger partial charge is 0.347 e. The molecular weight excluding hydrogens is 739 g/mol. The van der Waals surface area contributed by atoms with Gasteiger partial charge in [-0.05, 0) is 68.1 Å². The van der Waals surface area contributed by atoms with Crippen LogP contribution in [0.4, 0.5) is 0 Å². The Balaban J connectivity index is 0. The van der Waals surface area contributed by atoms with Crippen LogP contribution in [0.25, 0.3) is 0 Å². The highest BCUT2D eigenvalue weighted by Gasteiger charge is 2.52. The summed E-state index contributed by atoms with van der Waals surface area (Å²) in [7, 11) is 0. The quantitative estimate of drug-likeness (QED) is 0.196. The van der Waals surface area contributed by atoms with Crippen molar-refractivity contribution in [3.8, 4) is 0 Å². The first-order chi connectivity index (χ1) is 23.4. The number of ketones is 1. The lowest BCUT2D eigenvalue weighted by atomic mass is 9.82. The van der Waals surface area contributed by atoms with Gasteiger partial charge in [0.2, 0.25) is 23.5 Å². The molecule has 3 saturated carbocycles. The average molecular weight is 812 g/mol. The van der Waals surface area contributed by atoms with E-state index >= 15 is 0 Å². The first kappa shape index (κ1) is 53.9. The Morgan fingerprint density at radius 2 is 1.49 bits per heavy atom. The summed E-state index contributed by atoms with van der Waals surface area (Å²) in [6.07, 6.45) is 13.9. The Bertz CT molecular complexity index is 1400. The maximum absolute atomic E-state index is 14.6. The van der Waals surface area contributed by atoms with Crippen LogP contribution in [0.3, 0.4) is 0 Å². The number of nitrogens with zero attached hydrogens (tertiary/aromatic N) is 3. The summed E-state index contributed by atoms with van der Waals surface area (Å²) < 4.78 is 0. The molecule has 1 saturated heterocycles. The number of hydrogen-bond acceptors (Lipinski definition) is 8. The van der Waals surface area contributed by atoms with Crippen molar-refractivity contribution in [2.24, 2.45) is 23.2 Å². The minimum atomic E-state index is -0.994. The standard InChI is InChI=1S/C36H53N7O6.4CH4.2H2S/c1-5-10-25(29(44)34(48)39-23-15-16-23)40-33(47)28-24-14-9-13-22(24)20-43(28)35(49)30(36(2,3)4)42-32(46)27(21-11-7-6-8-12-21)41-31(45)26-19-37-17-18-38-26;;;;;;/h17-19,21-25,27-28,30H,5-16,20H2,1-4H3,(H,39,48)(H,40,47)(H,41,45)(H,42,46);4*1H4;2*1H2/t22-,24-,25+,27-,28-,30+;;;;;;/m1....../s1. The monoisotopic (exact) mass is 812 g/mol. The molecule has 4 aliphatic rings. The van der Waals surface area contributed by atoms with Crippen molar-refractivity contribution >= 4 is 62.3 Å². The maximum Gasteiger partial charge on any atom is 0.289 e. The van der Waals surface area contributed by atoms with Crippen molar-refractivity contribution in [2.45, 2.75) is 165 Å². The number of amides is 5. The molecule has 2 heterocycles. The van der Waals surface area contributed by atoms with Crippen LogP contribution < -0.4 is 21.3 Å². The van der Waals surface area contributed by atoms with Crippen LogP contribution >= 0.6 is 27.0 Å². The summed E-state index contributed by atoms with van der Waals surface area (Å²) in [6.45, 7) is 7.85. The number of aromatic nitrogens is 2. The van der Waals surface area contributed by atoms with E-state index in [2.05, 4.69) is 31.2 Å². The minimum absolute atomic E-state index is 0. The van der Waals surface area contributed by atoms with E-state index in [4.69, 9.17) is 0 Å². The van der Waals surface area contributed by atoms with Crippen molar-refractivity contribution in [1.82, 2.24) is 36.1 Å². The van der Waals surface area contributed by atoms with Crippen LogP contribution in [-0.4, -0.2) is 86.9 Å². The topological polar surface area (TPSA) is 180 Å². The van der Waals surface area contributed by atoms with Crippen molar-refractivity contribution in [1.29, 1.82) is 0 Å². The highest BCUT2D eigenvalue weighted by atomic mass is 32.1. The number of carbonyl (C=O) groups is 6. The SMILES string of the molecule is C.C.C.C.CCC[C@H](NC(=O)[C@H]1[C@@H]2CCC[C@@H]2CN1C(=O)[C@H](NC(=O)[C@H](NC(=O)c1cnccn1)C1CCCCC1)C(C)(C)C)C(=O)C(=O)NC1CC1.S.S. The van der Waals surface area contributed by atoms with E-state index in [0.717, 1.165) is 64.2 Å². The molecule has 0 unspecified atom stereocenters. The fourth-order valence-electron chi connectivity index (χ4n) is 7.87. The second kappa shape index (κ2) is 23.8. The smallest absolute Gasteiger partial charge is 0.289 e. The molecule has 0 radical (unpaired) electrons. The van der Waals surface area contributed by atoms with E-state index in [0.29, 0.717) is 19.4 Å². The lowest BCUT2D eigenvalue weighted by Crippen LogP contribution is -2.62. The fraction of sp³-hybridized carbons (Fsp3) is 0.750. The van der Waals surface area contributed by atoms with Crippen LogP contribution in [0, 0.1) is 23.2 Å². The minimum Gasteiger partial charge on any atom is -0.347 e. The number of carbonyl (C=O) groups excluding carboxylic acids is 6. The summed E-state index contributed by atoms with van der Waals surface area (Å²) in [4.78, 5) is 91.4. The number of nitrogens with one attached hydrogen (secondary N) is 4. The van der Waals surface area contributed by atoms with Gasteiger partial charge in [0.05, 0.1) is 12.2 Å². The van der Waals surface area contributed by atoms with Crippen molar-refractivity contribution in [2.75, 3.05) is 6.54 Å². The third-order valence-corrected chi connectivity index (χ3v) is 10.7. The highest BCUT2D eigenvalue weighted by molar-refractivity contribution is 7.59. The van der Waals surface area contributed by atoms with Gasteiger partial charge in [0.25, 0.3) is 11.8 Å². The Morgan fingerprint density at radius 3 is 2.05 bits per heavy atom. The number of rotatable bonds is 13. The predicted octanol–water partition coefficient (Wildman–Crippen LogP) is 5.22. The number of fused-ring (bicyclic) bond motifs is 1. The average Bonchev–Trinajstić information content (AvgIpc) is 3.65. The number of hydrogen-bond donors (Lipinski definition) is 4. The molecule has 13 nitrogen and oxygen atoms in total. The molecule has 0 spiro atoms. The van der Waals surface area contributed by atoms with Gasteiger partial charge < -0.3 is 26.2 Å². The zero-order valence-corrected chi connectivity index (χ0v) is 32.3. The van der Waals surface area contributed by atoms with Crippen LogP contribution in [0.5, 0.6) is 0 Å². The molecule has 4 N–H and O–H groups in total. The van der Waals surface area contributed by atoms with Gasteiger partial charge in [-0.2, -0.15) is 27.0 Å². The molecule has 1 aromatic heterocycles. The van der Waals surface area contributed by atoms with Crippen molar-refractivity contribution < 1.29 is 28.8 Å². The molecule has 1 aromatic rings. The Kier molecular flexibility index (Phi) is 23.3. The predicted molar refractivity (Wildman–Crippen MR) is 228 cm³/mol. The Labute approximate surface area is 344 Å². The maximum atomic E-state index is 14.6. The van der Waals surface area contributed by atoms with Gasteiger partial charge in [-0.3, -0.25) is 33.8 Å². The Hall–Kier alpha value is -3.20. The van der Waals surface area contributed by atoms with Gasteiger partial charge in [0.15, 0.2) is 0 Å². The highest BCUT2D eigenvalue weighted by Crippen LogP contribution is 2.43. The van der Waals surface area contributed by atoms with Crippen molar-refractivity contribution in [3.63, 3.8) is 0 Å². The summed E-state index contributed by atoms with van der Waals surface area (Å²) in [5.74, 6) is -3.20. The third kappa shape index (κ3) is 13.5. The van der Waals surface area contributed by atoms with Gasteiger partial charge >= 0.3 is 0 Å². The van der Waals surface area contributed by atoms with Crippen LogP contribution in [0.2, 0.25) is 0 Å². The molecule has 3 aliphatic carbocycles. The van der Waals surface area contributed by atoms with Crippen LogP contribution in [0.15, 0.2) is 18.6 Å². The van der Waals surface area contributed by atoms with Crippen molar-refractivity contribution in [3.05, 3.63) is 24.3 Å². The van der Waals surface area contributed by atoms with Gasteiger partial charge in [0, 0.05) is 25.0 Å². The normalized spacial score (nSPS) is 21.6. The molecule has 5 rings (SSSR count). The van der Waals surface area contributed by atoms with E-state index in [-0.39, 0.29) is 92.1 Å².